The number of hydrogen-bond acceptors (Lipinski definition) is 0. The molecule has 0 heteroatoms. The van der Waals surface area contributed by atoms with Gasteiger partial charge in [-0.05, 0) is 18.4 Å². The molecule has 1 radical (unpaired) electrons. The van der Waals surface area contributed by atoms with Crippen molar-refractivity contribution in [1.82, 2.24) is 0 Å². The summed E-state index contributed by atoms with van der Waals surface area (Å²) in [5.74, 6) is 1.55. The molecule has 0 N–H and O–H groups in total. The van der Waals surface area contributed by atoms with Crippen LogP contribution in [0.3, 0.4) is 0 Å². The fraction of sp³-hybridized carbons (Fsp3) is 0.182. The Morgan fingerprint density at radius 1 is 1.09 bits per heavy atom. The van der Waals surface area contributed by atoms with Crippen LogP contribution >= 0.6 is 0 Å². The Morgan fingerprint density at radius 2 is 1.82 bits per heavy atom. The van der Waals surface area contributed by atoms with Crippen LogP contribution in [0.2, 0.25) is 0 Å². The average molecular weight is 143 g/mol. The maximum Gasteiger partial charge on any atom is 0.00536 e. The largest absolute Gasteiger partial charge is 0.0870 e. The lowest BCUT2D eigenvalue weighted by Gasteiger charge is -2.16. The van der Waals surface area contributed by atoms with Crippen LogP contribution in [0, 0.1) is 5.92 Å². The highest BCUT2D eigenvalue weighted by atomic mass is 14.1. The highest BCUT2D eigenvalue weighted by Gasteiger charge is 2.10. The van der Waals surface area contributed by atoms with Crippen LogP contribution < -0.4 is 0 Å². The van der Waals surface area contributed by atoms with E-state index in [1.165, 1.54) is 12.0 Å². The molecule has 0 nitrogen and oxygen atoms in total. The predicted octanol–water partition coefficient (Wildman–Crippen LogP) is 2.76. The van der Waals surface area contributed by atoms with Gasteiger partial charge >= 0.3 is 0 Å². The quantitative estimate of drug-likeness (QED) is 0.597. The standard InChI is InChI=1S/C11H11/c1-2-5-10(6-3-1)9-11-7-4-8-11/h1-7H,8-9H2. The molecule has 0 saturated heterocycles. The van der Waals surface area contributed by atoms with Crippen molar-refractivity contribution < 1.29 is 0 Å². The Balaban J connectivity index is 2.01. The minimum Gasteiger partial charge on any atom is -0.0870 e. The lowest BCUT2D eigenvalue weighted by atomic mass is 9.89. The molecular formula is C11H11. The fourth-order valence-corrected chi connectivity index (χ4v) is 1.27. The van der Waals surface area contributed by atoms with E-state index in [0.29, 0.717) is 0 Å². The first-order valence-electron chi connectivity index (χ1n) is 4.00. The Hall–Kier alpha value is -1.04. The van der Waals surface area contributed by atoms with Gasteiger partial charge in [0.15, 0.2) is 0 Å². The number of allylic oxidation sites excluding steroid dienone is 2. The van der Waals surface area contributed by atoms with Crippen molar-refractivity contribution in [3.8, 4) is 0 Å². The minimum absolute atomic E-state index is 1.14. The number of benzene rings is 1. The lowest BCUT2D eigenvalue weighted by molar-refractivity contribution is 0.892. The third-order valence-electron chi connectivity index (χ3n) is 2.01. The van der Waals surface area contributed by atoms with E-state index in [9.17, 15) is 0 Å². The molecule has 0 aromatic heterocycles. The normalized spacial score (nSPS) is 16.4. The fourth-order valence-electron chi connectivity index (χ4n) is 1.27. The second-order valence-corrected chi connectivity index (χ2v) is 2.93. The lowest BCUT2D eigenvalue weighted by Crippen LogP contribution is -2.03. The van der Waals surface area contributed by atoms with Gasteiger partial charge < -0.3 is 0 Å². The van der Waals surface area contributed by atoms with Crippen molar-refractivity contribution in [2.24, 2.45) is 0 Å². The van der Waals surface area contributed by atoms with Crippen LogP contribution in [0.1, 0.15) is 12.0 Å². The van der Waals surface area contributed by atoms with Gasteiger partial charge in [0.2, 0.25) is 0 Å². The monoisotopic (exact) mass is 143 g/mol. The molecule has 55 valence electrons. The van der Waals surface area contributed by atoms with Crippen molar-refractivity contribution in [3.63, 3.8) is 0 Å². The molecule has 0 amide bonds. The van der Waals surface area contributed by atoms with E-state index in [1.807, 2.05) is 0 Å². The summed E-state index contributed by atoms with van der Waals surface area (Å²) in [5, 5.41) is 0. The van der Waals surface area contributed by atoms with E-state index in [2.05, 4.69) is 42.5 Å². The molecule has 0 heterocycles. The number of hydrogen-bond donors (Lipinski definition) is 0. The molecule has 0 unspecified atom stereocenters. The summed E-state index contributed by atoms with van der Waals surface area (Å²) in [5.41, 5.74) is 1.42. The first-order chi connectivity index (χ1) is 5.45. The van der Waals surface area contributed by atoms with Crippen LogP contribution in [-0.2, 0) is 6.42 Å². The minimum atomic E-state index is 1.14. The Bertz CT molecular complexity index is 246. The SMILES string of the molecule is C1=C[C](Cc2ccccc2)C1. The number of rotatable bonds is 2. The second-order valence-electron chi connectivity index (χ2n) is 2.93. The van der Waals surface area contributed by atoms with E-state index < -0.39 is 0 Å². The van der Waals surface area contributed by atoms with Crippen molar-refractivity contribution in [2.45, 2.75) is 12.8 Å². The summed E-state index contributed by atoms with van der Waals surface area (Å²) in [6, 6.07) is 10.6. The van der Waals surface area contributed by atoms with Gasteiger partial charge in [0.25, 0.3) is 0 Å². The van der Waals surface area contributed by atoms with Gasteiger partial charge in [-0.15, -0.1) is 0 Å². The van der Waals surface area contributed by atoms with E-state index in [4.69, 9.17) is 0 Å². The summed E-state index contributed by atoms with van der Waals surface area (Å²) >= 11 is 0. The highest BCUT2D eigenvalue weighted by Crippen LogP contribution is 2.23. The second kappa shape index (κ2) is 2.91. The van der Waals surface area contributed by atoms with Gasteiger partial charge in [-0.1, -0.05) is 42.5 Å². The molecule has 0 fully saturated rings. The van der Waals surface area contributed by atoms with E-state index in [1.54, 1.807) is 5.92 Å². The van der Waals surface area contributed by atoms with Crippen LogP contribution in [0.5, 0.6) is 0 Å². The predicted molar refractivity (Wildman–Crippen MR) is 47.1 cm³/mol. The zero-order valence-corrected chi connectivity index (χ0v) is 6.46. The first-order valence-corrected chi connectivity index (χ1v) is 4.00. The van der Waals surface area contributed by atoms with Crippen LogP contribution in [0.25, 0.3) is 0 Å². The molecule has 1 aromatic rings. The third kappa shape index (κ3) is 1.51. The Morgan fingerprint density at radius 3 is 2.36 bits per heavy atom. The maximum absolute atomic E-state index is 2.22. The van der Waals surface area contributed by atoms with Gasteiger partial charge in [0, 0.05) is 5.92 Å². The summed E-state index contributed by atoms with van der Waals surface area (Å²) in [6.45, 7) is 0. The molecule has 2 rings (SSSR count). The average Bonchev–Trinajstić information content (AvgIpc) is 1.99. The van der Waals surface area contributed by atoms with Gasteiger partial charge in [-0.2, -0.15) is 0 Å². The summed E-state index contributed by atoms with van der Waals surface area (Å²) in [7, 11) is 0. The Kier molecular flexibility index (Phi) is 1.76. The molecular weight excluding hydrogens is 132 g/mol. The topological polar surface area (TPSA) is 0 Å². The highest BCUT2D eigenvalue weighted by molar-refractivity contribution is 5.30. The molecule has 11 heavy (non-hydrogen) atoms. The maximum atomic E-state index is 2.22. The van der Waals surface area contributed by atoms with Crippen molar-refractivity contribution in [2.75, 3.05) is 0 Å². The first kappa shape index (κ1) is 6.66. The van der Waals surface area contributed by atoms with Gasteiger partial charge in [-0.3, -0.25) is 0 Å². The molecule has 0 aliphatic heterocycles. The van der Waals surface area contributed by atoms with Crippen LogP contribution in [0.4, 0.5) is 0 Å². The van der Waals surface area contributed by atoms with Crippen molar-refractivity contribution in [3.05, 3.63) is 54.0 Å². The van der Waals surface area contributed by atoms with Gasteiger partial charge in [0.05, 0.1) is 0 Å². The molecule has 1 aliphatic carbocycles. The summed E-state index contributed by atoms with van der Waals surface area (Å²) in [4.78, 5) is 0. The Labute approximate surface area is 67.6 Å². The zero-order valence-electron chi connectivity index (χ0n) is 6.46. The summed E-state index contributed by atoms with van der Waals surface area (Å²) in [6.07, 6.45) is 6.75. The summed E-state index contributed by atoms with van der Waals surface area (Å²) < 4.78 is 0. The molecule has 0 atom stereocenters. The van der Waals surface area contributed by atoms with E-state index >= 15 is 0 Å². The van der Waals surface area contributed by atoms with Crippen LogP contribution in [-0.4, -0.2) is 0 Å². The van der Waals surface area contributed by atoms with Gasteiger partial charge in [0.1, 0.15) is 0 Å². The molecule has 1 aliphatic rings. The van der Waals surface area contributed by atoms with E-state index in [-0.39, 0.29) is 0 Å². The third-order valence-corrected chi connectivity index (χ3v) is 2.01. The van der Waals surface area contributed by atoms with Crippen LogP contribution in [0.15, 0.2) is 42.5 Å². The van der Waals surface area contributed by atoms with Crippen molar-refractivity contribution in [1.29, 1.82) is 0 Å². The molecule has 1 aromatic carbocycles. The van der Waals surface area contributed by atoms with E-state index in [0.717, 1.165) is 6.42 Å². The van der Waals surface area contributed by atoms with Crippen molar-refractivity contribution >= 4 is 0 Å². The van der Waals surface area contributed by atoms with Gasteiger partial charge in [-0.25, -0.2) is 0 Å². The molecule has 0 saturated carbocycles. The molecule has 0 bridgehead atoms. The smallest absolute Gasteiger partial charge is 0.00536 e. The molecule has 0 spiro atoms. The zero-order chi connectivity index (χ0) is 7.52.